The Morgan fingerprint density at radius 2 is 1.94 bits per heavy atom. The molecule has 1 saturated carbocycles. The number of benzene rings is 1. The van der Waals surface area contributed by atoms with Gasteiger partial charge in [0.05, 0.1) is 0 Å². The zero-order chi connectivity index (χ0) is 12.3. The van der Waals surface area contributed by atoms with Gasteiger partial charge in [-0.05, 0) is 32.3 Å². The predicted octanol–water partition coefficient (Wildman–Crippen LogP) is 2.80. The zero-order valence-corrected chi connectivity index (χ0v) is 10.5. The van der Waals surface area contributed by atoms with Crippen LogP contribution in [0.5, 0.6) is 0 Å². The van der Waals surface area contributed by atoms with Gasteiger partial charge in [0, 0.05) is 18.0 Å². The number of amides is 1. The van der Waals surface area contributed by atoms with Crippen LogP contribution < -0.4 is 5.32 Å². The lowest BCUT2D eigenvalue weighted by Crippen LogP contribution is -2.31. The summed E-state index contributed by atoms with van der Waals surface area (Å²) in [5.74, 6) is 0.0206. The first-order valence-corrected chi connectivity index (χ1v) is 6.11. The monoisotopic (exact) mass is 229 g/mol. The van der Waals surface area contributed by atoms with Crippen molar-refractivity contribution in [3.63, 3.8) is 0 Å². The average molecular weight is 229 g/mol. The molecule has 0 bridgehead atoms. The van der Waals surface area contributed by atoms with Gasteiger partial charge in [0.1, 0.15) is 0 Å². The van der Waals surface area contributed by atoms with Crippen LogP contribution in [0.25, 0.3) is 0 Å². The Kier molecular flexibility index (Phi) is 3.32. The van der Waals surface area contributed by atoms with E-state index in [-0.39, 0.29) is 11.3 Å². The lowest BCUT2D eigenvalue weighted by molar-refractivity contribution is -0.116. The third-order valence-corrected chi connectivity index (χ3v) is 3.26. The summed E-state index contributed by atoms with van der Waals surface area (Å²) in [4.78, 5) is 11.6. The van der Waals surface area contributed by atoms with Gasteiger partial charge < -0.3 is 5.32 Å². The van der Waals surface area contributed by atoms with Crippen molar-refractivity contribution in [2.75, 3.05) is 6.54 Å². The van der Waals surface area contributed by atoms with Crippen molar-refractivity contribution in [3.8, 4) is 0 Å². The van der Waals surface area contributed by atoms with Crippen LogP contribution in [-0.2, 0) is 10.2 Å². The highest BCUT2D eigenvalue weighted by Crippen LogP contribution is 2.47. The van der Waals surface area contributed by atoms with Crippen LogP contribution in [0.3, 0.4) is 0 Å². The maximum atomic E-state index is 11.6. The standard InChI is InChI=1S/C15H19NO/c1-12(2)10-14(17)16-11-15(8-9-15)13-6-4-3-5-7-13/h3-7,10H,8-9,11H2,1-2H3,(H,16,17). The van der Waals surface area contributed by atoms with Crippen LogP contribution in [0.2, 0.25) is 0 Å². The molecule has 2 rings (SSSR count). The number of carbonyl (C=O) groups is 1. The Bertz CT molecular complexity index is 425. The minimum atomic E-state index is 0.0206. The van der Waals surface area contributed by atoms with Gasteiger partial charge in [-0.25, -0.2) is 0 Å². The van der Waals surface area contributed by atoms with Crippen molar-refractivity contribution < 1.29 is 4.79 Å². The second kappa shape index (κ2) is 4.74. The minimum absolute atomic E-state index is 0.0206. The molecule has 1 aromatic rings. The highest BCUT2D eigenvalue weighted by molar-refractivity contribution is 5.88. The van der Waals surface area contributed by atoms with E-state index in [1.54, 1.807) is 6.08 Å². The number of nitrogens with one attached hydrogen (secondary N) is 1. The zero-order valence-electron chi connectivity index (χ0n) is 10.5. The Morgan fingerprint density at radius 1 is 1.29 bits per heavy atom. The van der Waals surface area contributed by atoms with E-state index in [4.69, 9.17) is 0 Å². The van der Waals surface area contributed by atoms with Crippen molar-refractivity contribution >= 4 is 5.91 Å². The fourth-order valence-corrected chi connectivity index (χ4v) is 2.08. The van der Waals surface area contributed by atoms with E-state index in [1.165, 1.54) is 18.4 Å². The van der Waals surface area contributed by atoms with Crippen molar-refractivity contribution in [1.29, 1.82) is 0 Å². The molecule has 0 heterocycles. The molecule has 0 aliphatic heterocycles. The number of hydrogen-bond donors (Lipinski definition) is 1. The number of allylic oxidation sites excluding steroid dienone is 1. The molecule has 1 aliphatic rings. The Morgan fingerprint density at radius 3 is 2.47 bits per heavy atom. The second-order valence-electron chi connectivity index (χ2n) is 5.09. The molecule has 0 spiro atoms. The molecule has 0 atom stereocenters. The predicted molar refractivity (Wildman–Crippen MR) is 69.8 cm³/mol. The largest absolute Gasteiger partial charge is 0.352 e. The summed E-state index contributed by atoms with van der Waals surface area (Å²) in [6.45, 7) is 4.62. The highest BCUT2D eigenvalue weighted by Gasteiger charge is 2.43. The van der Waals surface area contributed by atoms with Crippen molar-refractivity contribution in [2.24, 2.45) is 0 Å². The van der Waals surface area contributed by atoms with E-state index < -0.39 is 0 Å². The SMILES string of the molecule is CC(C)=CC(=O)NCC1(c2ccccc2)CC1. The van der Waals surface area contributed by atoms with E-state index in [0.717, 1.165) is 12.1 Å². The topological polar surface area (TPSA) is 29.1 Å². The fraction of sp³-hybridized carbons (Fsp3) is 0.400. The van der Waals surface area contributed by atoms with E-state index in [2.05, 4.69) is 29.6 Å². The highest BCUT2D eigenvalue weighted by atomic mass is 16.1. The van der Waals surface area contributed by atoms with Crippen LogP contribution in [0.4, 0.5) is 0 Å². The van der Waals surface area contributed by atoms with E-state index >= 15 is 0 Å². The van der Waals surface area contributed by atoms with E-state index in [1.807, 2.05) is 19.9 Å². The maximum absolute atomic E-state index is 11.6. The van der Waals surface area contributed by atoms with Crippen molar-refractivity contribution in [1.82, 2.24) is 5.32 Å². The Balaban J connectivity index is 1.96. The van der Waals surface area contributed by atoms with Gasteiger partial charge in [-0.15, -0.1) is 0 Å². The summed E-state index contributed by atoms with van der Waals surface area (Å²) in [5.41, 5.74) is 2.58. The summed E-state index contributed by atoms with van der Waals surface area (Å²) in [7, 11) is 0. The lowest BCUT2D eigenvalue weighted by atomic mass is 9.96. The Labute approximate surface area is 103 Å². The average Bonchev–Trinajstić information content (AvgIpc) is 3.08. The molecular formula is C15H19NO. The first-order chi connectivity index (χ1) is 8.12. The summed E-state index contributed by atoms with van der Waals surface area (Å²) in [5, 5.41) is 3.00. The lowest BCUT2D eigenvalue weighted by Gasteiger charge is -2.15. The summed E-state index contributed by atoms with van der Waals surface area (Å²) < 4.78 is 0. The summed E-state index contributed by atoms with van der Waals surface area (Å²) in [6, 6.07) is 10.5. The van der Waals surface area contributed by atoms with Crippen LogP contribution in [0.15, 0.2) is 42.0 Å². The quantitative estimate of drug-likeness (QED) is 0.790. The first-order valence-electron chi connectivity index (χ1n) is 6.11. The molecule has 1 aromatic carbocycles. The molecule has 0 radical (unpaired) electrons. The third kappa shape index (κ3) is 2.96. The molecule has 2 nitrogen and oxygen atoms in total. The maximum Gasteiger partial charge on any atom is 0.243 e. The minimum Gasteiger partial charge on any atom is -0.352 e. The van der Waals surface area contributed by atoms with Gasteiger partial charge in [0.25, 0.3) is 0 Å². The normalized spacial score (nSPS) is 16.1. The third-order valence-electron chi connectivity index (χ3n) is 3.26. The van der Waals surface area contributed by atoms with Crippen molar-refractivity contribution in [2.45, 2.75) is 32.1 Å². The molecular weight excluding hydrogens is 210 g/mol. The van der Waals surface area contributed by atoms with E-state index in [9.17, 15) is 4.79 Å². The van der Waals surface area contributed by atoms with Gasteiger partial charge in [0.15, 0.2) is 0 Å². The molecule has 1 aliphatic carbocycles. The molecule has 90 valence electrons. The smallest absolute Gasteiger partial charge is 0.243 e. The van der Waals surface area contributed by atoms with E-state index in [0.29, 0.717) is 0 Å². The molecule has 17 heavy (non-hydrogen) atoms. The number of rotatable bonds is 4. The molecule has 0 saturated heterocycles. The number of hydrogen-bond acceptors (Lipinski definition) is 1. The number of carbonyl (C=O) groups excluding carboxylic acids is 1. The molecule has 0 unspecified atom stereocenters. The van der Waals surface area contributed by atoms with Crippen molar-refractivity contribution in [3.05, 3.63) is 47.5 Å². The summed E-state index contributed by atoms with van der Waals surface area (Å²) >= 11 is 0. The van der Waals surface area contributed by atoms with Gasteiger partial charge in [-0.3, -0.25) is 4.79 Å². The first kappa shape index (κ1) is 11.9. The van der Waals surface area contributed by atoms with Gasteiger partial charge in [-0.1, -0.05) is 35.9 Å². The van der Waals surface area contributed by atoms with Gasteiger partial charge in [-0.2, -0.15) is 0 Å². The van der Waals surface area contributed by atoms with Crippen LogP contribution in [-0.4, -0.2) is 12.5 Å². The molecule has 1 amide bonds. The van der Waals surface area contributed by atoms with Gasteiger partial charge >= 0.3 is 0 Å². The molecule has 2 heteroatoms. The van der Waals surface area contributed by atoms with Gasteiger partial charge in [0.2, 0.25) is 5.91 Å². The molecule has 1 N–H and O–H groups in total. The second-order valence-corrected chi connectivity index (χ2v) is 5.09. The van der Waals surface area contributed by atoms with Crippen LogP contribution >= 0.6 is 0 Å². The Hall–Kier alpha value is -1.57. The fourth-order valence-electron chi connectivity index (χ4n) is 2.08. The van der Waals surface area contributed by atoms with Crippen LogP contribution in [0.1, 0.15) is 32.3 Å². The molecule has 0 aromatic heterocycles. The molecule has 1 fully saturated rings. The van der Waals surface area contributed by atoms with Crippen LogP contribution in [0, 0.1) is 0 Å². The summed E-state index contributed by atoms with van der Waals surface area (Å²) in [6.07, 6.45) is 4.00.